The van der Waals surface area contributed by atoms with Gasteiger partial charge in [-0.05, 0) is 64.8 Å². The maximum absolute atomic E-state index is 4.13. The summed E-state index contributed by atoms with van der Waals surface area (Å²) in [6, 6.07) is 0.654. The minimum atomic E-state index is 0.654. The molecule has 3 heterocycles. The molecule has 5 nitrogen and oxygen atoms in total. The van der Waals surface area contributed by atoms with Crippen LogP contribution in [-0.2, 0) is 6.54 Å². The average molecular weight is 291 g/mol. The Kier molecular flexibility index (Phi) is 5.63. The van der Waals surface area contributed by atoms with Gasteiger partial charge in [0.1, 0.15) is 0 Å². The Labute approximate surface area is 128 Å². The molecule has 1 atom stereocenters. The van der Waals surface area contributed by atoms with Gasteiger partial charge in [-0.25, -0.2) is 0 Å². The van der Waals surface area contributed by atoms with Crippen LogP contribution in [0.5, 0.6) is 0 Å². The second-order valence-corrected chi connectivity index (χ2v) is 6.57. The molecule has 1 aromatic rings. The number of hydrogen-bond donors (Lipinski definition) is 0. The van der Waals surface area contributed by atoms with Crippen molar-refractivity contribution < 1.29 is 0 Å². The first-order valence-corrected chi connectivity index (χ1v) is 8.72. The highest BCUT2D eigenvalue weighted by Gasteiger charge is 2.22. The summed E-state index contributed by atoms with van der Waals surface area (Å²) in [7, 11) is 0. The summed E-state index contributed by atoms with van der Waals surface area (Å²) >= 11 is 0. The third-order valence-corrected chi connectivity index (χ3v) is 4.99. The van der Waals surface area contributed by atoms with E-state index in [2.05, 4.69) is 20.1 Å². The fourth-order valence-corrected chi connectivity index (χ4v) is 3.79. The molecule has 3 rings (SSSR count). The number of likely N-dealkylation sites (tertiary alicyclic amines) is 2. The second-order valence-electron chi connectivity index (χ2n) is 6.57. The molecule has 0 aromatic carbocycles. The minimum absolute atomic E-state index is 0.654. The molecule has 1 unspecified atom stereocenters. The van der Waals surface area contributed by atoms with E-state index in [4.69, 9.17) is 0 Å². The molecule has 0 spiro atoms. The van der Waals surface area contributed by atoms with E-state index in [0.717, 1.165) is 6.54 Å². The van der Waals surface area contributed by atoms with Crippen molar-refractivity contribution in [2.45, 2.75) is 57.5 Å². The molecule has 0 amide bonds. The molecular weight excluding hydrogens is 262 g/mol. The first kappa shape index (κ1) is 15.0. The molecule has 0 aliphatic carbocycles. The average Bonchev–Trinajstić information content (AvgIpc) is 3.03. The van der Waals surface area contributed by atoms with Crippen LogP contribution in [0, 0.1) is 0 Å². The molecule has 0 N–H and O–H groups in total. The summed E-state index contributed by atoms with van der Waals surface area (Å²) in [4.78, 5) is 5.34. The summed E-state index contributed by atoms with van der Waals surface area (Å²) in [5.41, 5.74) is 0. The van der Waals surface area contributed by atoms with Crippen molar-refractivity contribution in [2.75, 3.05) is 32.7 Å². The molecule has 21 heavy (non-hydrogen) atoms. The lowest BCUT2D eigenvalue weighted by Crippen LogP contribution is -2.43. The first-order valence-electron chi connectivity index (χ1n) is 8.72. The van der Waals surface area contributed by atoms with E-state index in [1.54, 1.807) is 6.20 Å². The van der Waals surface area contributed by atoms with Crippen molar-refractivity contribution in [3.63, 3.8) is 0 Å². The molecule has 2 aliphatic rings. The third-order valence-electron chi connectivity index (χ3n) is 4.99. The Morgan fingerprint density at radius 1 is 0.952 bits per heavy atom. The lowest BCUT2D eigenvalue weighted by atomic mass is 10.0. The highest BCUT2D eigenvalue weighted by molar-refractivity contribution is 4.79. The fourth-order valence-electron chi connectivity index (χ4n) is 3.79. The molecule has 118 valence electrons. The number of aromatic nitrogens is 3. The summed E-state index contributed by atoms with van der Waals surface area (Å²) in [6.07, 6.45) is 13.3. The fraction of sp³-hybridized carbons (Fsp3) is 0.875. The molecule has 0 saturated carbocycles. The van der Waals surface area contributed by atoms with Gasteiger partial charge in [0.05, 0.1) is 12.7 Å². The lowest BCUT2D eigenvalue weighted by molar-refractivity contribution is 0.119. The van der Waals surface area contributed by atoms with E-state index in [1.165, 1.54) is 77.7 Å². The SMILES string of the molecule is c1cn(CC2CCCCN2CCCN2CCCCC2)nn1. The van der Waals surface area contributed by atoms with Crippen LogP contribution in [0.15, 0.2) is 12.4 Å². The molecule has 1 aromatic heterocycles. The van der Waals surface area contributed by atoms with Crippen LogP contribution in [0.4, 0.5) is 0 Å². The van der Waals surface area contributed by atoms with Gasteiger partial charge in [0.15, 0.2) is 0 Å². The van der Waals surface area contributed by atoms with Crippen LogP contribution in [0.2, 0.25) is 0 Å². The standard InChI is InChI=1S/C16H29N5/c1-3-9-19(10-4-1)11-6-13-20-12-5-2-7-16(20)15-21-14-8-17-18-21/h8,14,16H,1-7,9-13,15H2. The molecule has 2 saturated heterocycles. The van der Waals surface area contributed by atoms with Gasteiger partial charge < -0.3 is 4.90 Å². The molecule has 2 aliphatic heterocycles. The minimum Gasteiger partial charge on any atom is -0.303 e. The summed E-state index contributed by atoms with van der Waals surface area (Å²) in [5.74, 6) is 0. The molecular formula is C16H29N5. The third kappa shape index (κ3) is 4.51. The topological polar surface area (TPSA) is 37.2 Å². The number of nitrogens with zero attached hydrogens (tertiary/aromatic N) is 5. The summed E-state index contributed by atoms with van der Waals surface area (Å²) < 4.78 is 1.99. The van der Waals surface area contributed by atoms with Gasteiger partial charge in [0.25, 0.3) is 0 Å². The Morgan fingerprint density at radius 3 is 2.62 bits per heavy atom. The highest BCUT2D eigenvalue weighted by Crippen LogP contribution is 2.19. The summed E-state index contributed by atoms with van der Waals surface area (Å²) in [6.45, 7) is 7.44. The Balaban J connectivity index is 1.43. The van der Waals surface area contributed by atoms with E-state index in [1.807, 2.05) is 10.9 Å². The predicted molar refractivity (Wildman–Crippen MR) is 84.1 cm³/mol. The Morgan fingerprint density at radius 2 is 1.81 bits per heavy atom. The van der Waals surface area contributed by atoms with Crippen LogP contribution in [0.3, 0.4) is 0 Å². The van der Waals surface area contributed by atoms with E-state index in [0.29, 0.717) is 6.04 Å². The maximum atomic E-state index is 4.13. The number of rotatable bonds is 6. The van der Waals surface area contributed by atoms with Gasteiger partial charge >= 0.3 is 0 Å². The van der Waals surface area contributed by atoms with Gasteiger partial charge in [-0.1, -0.05) is 18.1 Å². The number of hydrogen-bond acceptors (Lipinski definition) is 4. The largest absolute Gasteiger partial charge is 0.303 e. The van der Waals surface area contributed by atoms with Crippen molar-refractivity contribution in [3.05, 3.63) is 12.4 Å². The van der Waals surface area contributed by atoms with Gasteiger partial charge in [-0.2, -0.15) is 0 Å². The second kappa shape index (κ2) is 7.90. The normalized spacial score (nSPS) is 25.2. The van der Waals surface area contributed by atoms with Gasteiger partial charge in [-0.15, -0.1) is 5.10 Å². The highest BCUT2D eigenvalue weighted by atomic mass is 15.4. The van der Waals surface area contributed by atoms with E-state index < -0.39 is 0 Å². The molecule has 0 radical (unpaired) electrons. The maximum Gasteiger partial charge on any atom is 0.0692 e. The number of piperidine rings is 2. The van der Waals surface area contributed by atoms with Crippen molar-refractivity contribution in [1.82, 2.24) is 24.8 Å². The van der Waals surface area contributed by atoms with Gasteiger partial charge in [0.2, 0.25) is 0 Å². The molecule has 2 fully saturated rings. The van der Waals surface area contributed by atoms with E-state index in [-0.39, 0.29) is 0 Å². The summed E-state index contributed by atoms with van der Waals surface area (Å²) in [5, 5.41) is 8.05. The van der Waals surface area contributed by atoms with Crippen LogP contribution >= 0.6 is 0 Å². The Bertz CT molecular complexity index is 385. The predicted octanol–water partition coefficient (Wildman–Crippen LogP) is 2.01. The molecule has 5 heteroatoms. The zero-order chi connectivity index (χ0) is 14.3. The van der Waals surface area contributed by atoms with Gasteiger partial charge in [0, 0.05) is 12.2 Å². The monoisotopic (exact) mass is 291 g/mol. The van der Waals surface area contributed by atoms with Crippen LogP contribution in [-0.4, -0.2) is 63.6 Å². The van der Waals surface area contributed by atoms with Crippen LogP contribution in [0.25, 0.3) is 0 Å². The van der Waals surface area contributed by atoms with Crippen molar-refractivity contribution in [3.8, 4) is 0 Å². The Hall–Kier alpha value is -0.940. The van der Waals surface area contributed by atoms with Crippen LogP contribution < -0.4 is 0 Å². The zero-order valence-corrected chi connectivity index (χ0v) is 13.2. The van der Waals surface area contributed by atoms with Crippen molar-refractivity contribution in [2.24, 2.45) is 0 Å². The van der Waals surface area contributed by atoms with Crippen LogP contribution in [0.1, 0.15) is 44.9 Å². The van der Waals surface area contributed by atoms with Gasteiger partial charge in [-0.3, -0.25) is 9.58 Å². The zero-order valence-electron chi connectivity index (χ0n) is 13.2. The molecule has 0 bridgehead atoms. The lowest BCUT2D eigenvalue weighted by Gasteiger charge is -2.36. The van der Waals surface area contributed by atoms with E-state index >= 15 is 0 Å². The quantitative estimate of drug-likeness (QED) is 0.803. The van der Waals surface area contributed by atoms with E-state index in [9.17, 15) is 0 Å². The first-order chi connectivity index (χ1) is 10.4. The van der Waals surface area contributed by atoms with Crippen molar-refractivity contribution in [1.29, 1.82) is 0 Å². The van der Waals surface area contributed by atoms with Crippen molar-refractivity contribution >= 4 is 0 Å². The smallest absolute Gasteiger partial charge is 0.0692 e.